The van der Waals surface area contributed by atoms with E-state index in [1.165, 1.54) is 16.4 Å². The third-order valence-electron chi connectivity index (χ3n) is 3.20. The van der Waals surface area contributed by atoms with Crippen LogP contribution in [0.5, 0.6) is 0 Å². The van der Waals surface area contributed by atoms with Crippen LogP contribution in [0.2, 0.25) is 0 Å². The van der Waals surface area contributed by atoms with Gasteiger partial charge in [0.1, 0.15) is 0 Å². The van der Waals surface area contributed by atoms with Crippen molar-refractivity contribution in [2.24, 2.45) is 0 Å². The zero-order chi connectivity index (χ0) is 14.6. The average molecular weight is 292 g/mol. The maximum atomic E-state index is 12.5. The summed E-state index contributed by atoms with van der Waals surface area (Å²) < 4.78 is 31.4. The Morgan fingerprint density at radius 2 is 2.25 bits per heavy atom. The largest absolute Gasteiger partial charge is 0.380 e. The molecule has 1 aliphatic rings. The number of hydrogen-bond donors (Lipinski definition) is 0. The molecule has 0 saturated heterocycles. The van der Waals surface area contributed by atoms with Crippen molar-refractivity contribution in [2.75, 3.05) is 26.8 Å². The molecule has 6 heteroatoms. The fourth-order valence-corrected chi connectivity index (χ4v) is 3.53. The van der Waals surface area contributed by atoms with E-state index in [9.17, 15) is 8.42 Å². The van der Waals surface area contributed by atoms with Crippen LogP contribution in [0.1, 0.15) is 12.0 Å². The maximum absolute atomic E-state index is 12.5. The molecular formula is C14H16N2O3S. The van der Waals surface area contributed by atoms with Crippen LogP contribution in [0, 0.1) is 11.3 Å². The highest BCUT2D eigenvalue weighted by molar-refractivity contribution is 7.89. The molecule has 0 N–H and O–H groups in total. The van der Waals surface area contributed by atoms with E-state index in [-0.39, 0.29) is 4.90 Å². The van der Waals surface area contributed by atoms with Crippen LogP contribution in [0.3, 0.4) is 0 Å². The van der Waals surface area contributed by atoms with Gasteiger partial charge in [0.15, 0.2) is 0 Å². The molecule has 0 radical (unpaired) electrons. The quantitative estimate of drug-likeness (QED) is 0.789. The molecule has 0 saturated carbocycles. The minimum Gasteiger partial charge on any atom is -0.380 e. The summed E-state index contributed by atoms with van der Waals surface area (Å²) in [6.07, 6.45) is 2.56. The lowest BCUT2D eigenvalue weighted by molar-refractivity contribution is 0.219. The van der Waals surface area contributed by atoms with Gasteiger partial charge in [-0.1, -0.05) is 12.1 Å². The van der Waals surface area contributed by atoms with Crippen molar-refractivity contribution in [1.82, 2.24) is 4.31 Å². The monoisotopic (exact) mass is 292 g/mol. The van der Waals surface area contributed by atoms with E-state index in [1.807, 2.05) is 12.1 Å². The Kier molecular flexibility index (Phi) is 4.55. The Hall–Kier alpha value is -1.68. The van der Waals surface area contributed by atoms with Crippen molar-refractivity contribution < 1.29 is 13.2 Å². The molecule has 20 heavy (non-hydrogen) atoms. The number of benzene rings is 1. The lowest BCUT2D eigenvalue weighted by Crippen LogP contribution is -2.35. The van der Waals surface area contributed by atoms with E-state index < -0.39 is 10.0 Å². The lowest BCUT2D eigenvalue weighted by Gasteiger charge is -2.25. The molecule has 1 aliphatic heterocycles. The van der Waals surface area contributed by atoms with Crippen molar-refractivity contribution in [3.05, 3.63) is 41.5 Å². The van der Waals surface area contributed by atoms with E-state index in [2.05, 4.69) is 0 Å². The number of nitrogens with zero attached hydrogens (tertiary/aromatic N) is 2. The Labute approximate surface area is 119 Å². The maximum Gasteiger partial charge on any atom is 0.243 e. The molecular weight excluding hydrogens is 276 g/mol. The van der Waals surface area contributed by atoms with Crippen LogP contribution < -0.4 is 0 Å². The molecule has 0 spiro atoms. The first-order chi connectivity index (χ1) is 9.57. The molecule has 0 atom stereocenters. The lowest BCUT2D eigenvalue weighted by atomic mass is 10.1. The molecule has 0 aromatic heterocycles. The second kappa shape index (κ2) is 6.18. The van der Waals surface area contributed by atoms with Gasteiger partial charge in [-0.3, -0.25) is 0 Å². The van der Waals surface area contributed by atoms with Gasteiger partial charge in [-0.15, -0.1) is 0 Å². The molecule has 2 rings (SSSR count). The molecule has 106 valence electrons. The van der Waals surface area contributed by atoms with Crippen molar-refractivity contribution in [1.29, 1.82) is 5.26 Å². The van der Waals surface area contributed by atoms with E-state index in [0.717, 1.165) is 5.57 Å². The van der Waals surface area contributed by atoms with E-state index in [1.54, 1.807) is 19.2 Å². The third-order valence-corrected chi connectivity index (χ3v) is 5.06. The van der Waals surface area contributed by atoms with Gasteiger partial charge in [-0.2, -0.15) is 9.57 Å². The fraction of sp³-hybridized carbons (Fsp3) is 0.357. The van der Waals surface area contributed by atoms with Gasteiger partial charge in [-0.05, 0) is 30.2 Å². The van der Waals surface area contributed by atoms with E-state index in [4.69, 9.17) is 10.00 Å². The summed E-state index contributed by atoms with van der Waals surface area (Å²) in [4.78, 5) is 0.167. The number of sulfonamides is 1. The van der Waals surface area contributed by atoms with Crippen LogP contribution in [0.15, 0.2) is 40.8 Å². The Balaban J connectivity index is 2.22. The van der Waals surface area contributed by atoms with Crippen LogP contribution in [0.4, 0.5) is 0 Å². The SMILES string of the molecule is COCC1=CCN(S(=O)(=O)c2cccc(C#N)c2)CC1. The van der Waals surface area contributed by atoms with Crippen molar-refractivity contribution in [3.8, 4) is 6.07 Å². The number of methoxy groups -OCH3 is 1. The predicted octanol–water partition coefficient (Wildman–Crippen LogP) is 1.53. The summed E-state index contributed by atoms with van der Waals surface area (Å²) in [5.74, 6) is 0. The van der Waals surface area contributed by atoms with Crippen LogP contribution in [-0.2, 0) is 14.8 Å². The predicted molar refractivity (Wildman–Crippen MR) is 74.5 cm³/mol. The van der Waals surface area contributed by atoms with Gasteiger partial charge < -0.3 is 4.74 Å². The number of rotatable bonds is 4. The van der Waals surface area contributed by atoms with Crippen molar-refractivity contribution >= 4 is 10.0 Å². The van der Waals surface area contributed by atoms with Gasteiger partial charge in [0.05, 0.1) is 23.1 Å². The molecule has 1 heterocycles. The molecule has 0 amide bonds. The second-order valence-corrected chi connectivity index (χ2v) is 6.49. The minimum absolute atomic E-state index is 0.167. The molecule has 0 bridgehead atoms. The highest BCUT2D eigenvalue weighted by atomic mass is 32.2. The number of hydrogen-bond acceptors (Lipinski definition) is 4. The Morgan fingerprint density at radius 1 is 1.45 bits per heavy atom. The van der Waals surface area contributed by atoms with Gasteiger partial charge in [-0.25, -0.2) is 8.42 Å². The highest BCUT2D eigenvalue weighted by Gasteiger charge is 2.26. The Bertz CT molecular complexity index is 659. The number of ether oxygens (including phenoxy) is 1. The summed E-state index contributed by atoms with van der Waals surface area (Å²) in [6.45, 7) is 1.32. The molecule has 0 aliphatic carbocycles. The van der Waals surface area contributed by atoms with Crippen LogP contribution >= 0.6 is 0 Å². The fourth-order valence-electron chi connectivity index (χ4n) is 2.10. The summed E-state index contributed by atoms with van der Waals surface area (Å²) in [5.41, 5.74) is 1.46. The van der Waals surface area contributed by atoms with Gasteiger partial charge in [0, 0.05) is 20.2 Å². The first-order valence-electron chi connectivity index (χ1n) is 6.25. The van der Waals surface area contributed by atoms with Gasteiger partial charge in [0.2, 0.25) is 10.0 Å². The Morgan fingerprint density at radius 3 is 2.85 bits per heavy atom. The van der Waals surface area contributed by atoms with Crippen LogP contribution in [0.25, 0.3) is 0 Å². The normalized spacial score (nSPS) is 16.5. The highest BCUT2D eigenvalue weighted by Crippen LogP contribution is 2.21. The summed E-state index contributed by atoms with van der Waals surface area (Å²) in [5, 5.41) is 8.85. The second-order valence-electron chi connectivity index (χ2n) is 4.55. The summed E-state index contributed by atoms with van der Waals surface area (Å²) >= 11 is 0. The van der Waals surface area contributed by atoms with E-state index >= 15 is 0 Å². The van der Waals surface area contributed by atoms with Crippen LogP contribution in [-0.4, -0.2) is 39.5 Å². The first-order valence-corrected chi connectivity index (χ1v) is 7.69. The zero-order valence-corrected chi connectivity index (χ0v) is 12.1. The molecule has 5 nitrogen and oxygen atoms in total. The standard InChI is InChI=1S/C14H16N2O3S/c1-19-11-12-5-7-16(8-6-12)20(17,18)14-4-2-3-13(9-14)10-15/h2-5,9H,6-8,11H2,1H3. The molecule has 1 aromatic rings. The van der Waals surface area contributed by atoms with E-state index in [0.29, 0.717) is 31.7 Å². The minimum atomic E-state index is -3.54. The smallest absolute Gasteiger partial charge is 0.243 e. The van der Waals surface area contributed by atoms with Gasteiger partial charge >= 0.3 is 0 Å². The van der Waals surface area contributed by atoms with Crippen molar-refractivity contribution in [3.63, 3.8) is 0 Å². The first kappa shape index (κ1) is 14.7. The zero-order valence-electron chi connectivity index (χ0n) is 11.2. The summed E-state index contributed by atoms with van der Waals surface area (Å²) in [7, 11) is -1.91. The molecule has 0 fully saturated rings. The van der Waals surface area contributed by atoms with Crippen molar-refractivity contribution in [2.45, 2.75) is 11.3 Å². The molecule has 0 unspecified atom stereocenters. The van der Waals surface area contributed by atoms with Gasteiger partial charge in [0.25, 0.3) is 0 Å². The molecule has 1 aromatic carbocycles. The topological polar surface area (TPSA) is 70.4 Å². The average Bonchev–Trinajstić information content (AvgIpc) is 2.48. The summed E-state index contributed by atoms with van der Waals surface area (Å²) in [6, 6.07) is 8.05. The number of nitriles is 1. The third kappa shape index (κ3) is 3.07.